The molecule has 1 aliphatic rings. The van der Waals surface area contributed by atoms with Gasteiger partial charge in [-0.25, -0.2) is 0 Å². The maximum Gasteiger partial charge on any atom is 0.233 e. The van der Waals surface area contributed by atoms with Crippen molar-refractivity contribution < 1.29 is 9.90 Å². The second kappa shape index (κ2) is 5.92. The maximum absolute atomic E-state index is 11.7. The Labute approximate surface area is 102 Å². The van der Waals surface area contributed by atoms with E-state index >= 15 is 0 Å². The van der Waals surface area contributed by atoms with Gasteiger partial charge < -0.3 is 10.4 Å². The SMILES string of the molecule is CC(C)(C)CC(O)CNC(=O)C1CCCS1. The van der Waals surface area contributed by atoms with Crippen molar-refractivity contribution in [3.63, 3.8) is 0 Å². The number of thioether (sulfide) groups is 1. The highest BCUT2D eigenvalue weighted by Gasteiger charge is 2.24. The molecule has 1 amide bonds. The van der Waals surface area contributed by atoms with Gasteiger partial charge in [-0.2, -0.15) is 0 Å². The Hall–Kier alpha value is -0.220. The highest BCUT2D eigenvalue weighted by molar-refractivity contribution is 8.00. The van der Waals surface area contributed by atoms with Crippen molar-refractivity contribution in [2.45, 2.75) is 51.4 Å². The van der Waals surface area contributed by atoms with Gasteiger partial charge in [-0.3, -0.25) is 4.79 Å². The highest BCUT2D eigenvalue weighted by atomic mass is 32.2. The molecule has 1 saturated heterocycles. The summed E-state index contributed by atoms with van der Waals surface area (Å²) in [6, 6.07) is 0. The molecule has 0 aromatic carbocycles. The highest BCUT2D eigenvalue weighted by Crippen LogP contribution is 2.26. The maximum atomic E-state index is 11.7. The van der Waals surface area contributed by atoms with Crippen LogP contribution in [0.2, 0.25) is 0 Å². The lowest BCUT2D eigenvalue weighted by atomic mass is 9.89. The zero-order valence-corrected chi connectivity index (χ0v) is 11.3. The van der Waals surface area contributed by atoms with Crippen molar-refractivity contribution in [2.75, 3.05) is 12.3 Å². The Bertz CT molecular complexity index is 232. The van der Waals surface area contributed by atoms with Gasteiger partial charge in [0.1, 0.15) is 0 Å². The van der Waals surface area contributed by atoms with E-state index < -0.39 is 6.10 Å². The minimum absolute atomic E-state index is 0.0930. The van der Waals surface area contributed by atoms with E-state index in [2.05, 4.69) is 26.1 Å². The quantitative estimate of drug-likeness (QED) is 0.794. The van der Waals surface area contributed by atoms with E-state index in [0.717, 1.165) is 18.6 Å². The average molecular weight is 245 g/mol. The lowest BCUT2D eigenvalue weighted by Crippen LogP contribution is -2.38. The molecule has 1 rings (SSSR count). The van der Waals surface area contributed by atoms with Crippen LogP contribution in [0, 0.1) is 5.41 Å². The lowest BCUT2D eigenvalue weighted by Gasteiger charge is -2.22. The number of carbonyl (C=O) groups is 1. The summed E-state index contributed by atoms with van der Waals surface area (Å²) in [5, 5.41) is 12.7. The van der Waals surface area contributed by atoms with Gasteiger partial charge in [0.05, 0.1) is 11.4 Å². The van der Waals surface area contributed by atoms with Gasteiger partial charge in [0.25, 0.3) is 0 Å². The Morgan fingerprint density at radius 1 is 1.56 bits per heavy atom. The fourth-order valence-electron chi connectivity index (χ4n) is 1.90. The van der Waals surface area contributed by atoms with Crippen molar-refractivity contribution in [1.29, 1.82) is 0 Å². The number of carbonyl (C=O) groups excluding carboxylic acids is 1. The van der Waals surface area contributed by atoms with Crippen LogP contribution >= 0.6 is 11.8 Å². The van der Waals surface area contributed by atoms with Gasteiger partial charge in [0.15, 0.2) is 0 Å². The van der Waals surface area contributed by atoms with Crippen molar-refractivity contribution >= 4 is 17.7 Å². The van der Waals surface area contributed by atoms with Crippen molar-refractivity contribution in [3.05, 3.63) is 0 Å². The first-order valence-electron chi connectivity index (χ1n) is 5.96. The Kier molecular flexibility index (Phi) is 5.12. The van der Waals surface area contributed by atoms with Crippen LogP contribution in [-0.4, -0.2) is 34.7 Å². The van der Waals surface area contributed by atoms with Crippen molar-refractivity contribution in [3.8, 4) is 0 Å². The lowest BCUT2D eigenvalue weighted by molar-refractivity contribution is -0.121. The van der Waals surface area contributed by atoms with Gasteiger partial charge >= 0.3 is 0 Å². The predicted molar refractivity (Wildman–Crippen MR) is 68.6 cm³/mol. The van der Waals surface area contributed by atoms with E-state index in [1.807, 2.05) is 0 Å². The molecule has 1 heterocycles. The number of nitrogens with one attached hydrogen (secondary N) is 1. The van der Waals surface area contributed by atoms with Crippen LogP contribution in [0.25, 0.3) is 0 Å². The molecule has 16 heavy (non-hydrogen) atoms. The topological polar surface area (TPSA) is 49.3 Å². The molecule has 2 N–H and O–H groups in total. The zero-order chi connectivity index (χ0) is 12.2. The van der Waals surface area contributed by atoms with E-state index in [1.165, 1.54) is 0 Å². The molecule has 3 nitrogen and oxygen atoms in total. The predicted octanol–water partition coefficient (Wildman–Crippen LogP) is 1.80. The number of hydrogen-bond donors (Lipinski definition) is 2. The molecular weight excluding hydrogens is 222 g/mol. The summed E-state index contributed by atoms with van der Waals surface area (Å²) in [7, 11) is 0. The van der Waals surface area contributed by atoms with Crippen LogP contribution in [0.15, 0.2) is 0 Å². The van der Waals surface area contributed by atoms with Crippen LogP contribution in [-0.2, 0) is 4.79 Å². The molecule has 0 radical (unpaired) electrons. The van der Waals surface area contributed by atoms with Gasteiger partial charge in [-0.15, -0.1) is 11.8 Å². The fourth-order valence-corrected chi connectivity index (χ4v) is 3.08. The third-order valence-corrected chi connectivity index (χ3v) is 3.96. The Balaban J connectivity index is 2.20. The molecule has 2 atom stereocenters. The molecule has 1 fully saturated rings. The molecule has 0 aliphatic carbocycles. The second-order valence-corrected chi connectivity index (χ2v) is 6.98. The van der Waals surface area contributed by atoms with Crippen molar-refractivity contribution in [1.82, 2.24) is 5.32 Å². The van der Waals surface area contributed by atoms with E-state index in [1.54, 1.807) is 11.8 Å². The van der Waals surface area contributed by atoms with Crippen LogP contribution in [0.5, 0.6) is 0 Å². The van der Waals surface area contributed by atoms with Gasteiger partial charge in [-0.05, 0) is 30.4 Å². The van der Waals surface area contributed by atoms with E-state index in [9.17, 15) is 9.90 Å². The summed E-state index contributed by atoms with van der Waals surface area (Å²) in [6.45, 7) is 6.65. The van der Waals surface area contributed by atoms with Gasteiger partial charge in [0, 0.05) is 6.54 Å². The summed E-state index contributed by atoms with van der Waals surface area (Å²) >= 11 is 1.72. The van der Waals surface area contributed by atoms with Crippen LogP contribution in [0.4, 0.5) is 0 Å². The first-order chi connectivity index (χ1) is 7.38. The largest absolute Gasteiger partial charge is 0.391 e. The third kappa shape index (κ3) is 5.21. The van der Waals surface area contributed by atoms with Crippen LogP contribution in [0.3, 0.4) is 0 Å². The third-order valence-electron chi connectivity index (χ3n) is 2.58. The smallest absolute Gasteiger partial charge is 0.233 e. The number of amides is 1. The zero-order valence-electron chi connectivity index (χ0n) is 10.5. The molecule has 0 aromatic rings. The normalized spacial score (nSPS) is 23.1. The van der Waals surface area contributed by atoms with E-state index in [0.29, 0.717) is 13.0 Å². The van der Waals surface area contributed by atoms with E-state index in [4.69, 9.17) is 0 Å². The minimum atomic E-state index is -0.435. The van der Waals surface area contributed by atoms with Crippen LogP contribution in [0.1, 0.15) is 40.0 Å². The first-order valence-corrected chi connectivity index (χ1v) is 7.01. The molecule has 94 valence electrons. The number of hydrogen-bond acceptors (Lipinski definition) is 3. The molecule has 0 aromatic heterocycles. The van der Waals surface area contributed by atoms with Crippen molar-refractivity contribution in [2.24, 2.45) is 5.41 Å². The molecular formula is C12H23NO2S. The second-order valence-electron chi connectivity index (χ2n) is 5.67. The molecule has 0 saturated carbocycles. The number of aliphatic hydroxyl groups is 1. The standard InChI is InChI=1S/C12H23NO2S/c1-12(2,3)7-9(14)8-13-11(15)10-5-4-6-16-10/h9-10,14H,4-8H2,1-3H3,(H,13,15). The molecule has 4 heteroatoms. The molecule has 0 spiro atoms. The summed E-state index contributed by atoms with van der Waals surface area (Å²) < 4.78 is 0. The summed E-state index contributed by atoms with van der Waals surface area (Å²) in [5.41, 5.74) is 0.103. The Morgan fingerprint density at radius 2 is 2.25 bits per heavy atom. The van der Waals surface area contributed by atoms with Gasteiger partial charge in [-0.1, -0.05) is 20.8 Å². The number of aliphatic hydroxyl groups excluding tert-OH is 1. The van der Waals surface area contributed by atoms with Crippen LogP contribution < -0.4 is 5.32 Å². The summed E-state index contributed by atoms with van der Waals surface area (Å²) in [5.74, 6) is 1.18. The number of rotatable bonds is 4. The monoisotopic (exact) mass is 245 g/mol. The van der Waals surface area contributed by atoms with E-state index in [-0.39, 0.29) is 16.6 Å². The Morgan fingerprint density at radius 3 is 2.75 bits per heavy atom. The molecule has 2 unspecified atom stereocenters. The van der Waals surface area contributed by atoms with Gasteiger partial charge in [0.2, 0.25) is 5.91 Å². The summed E-state index contributed by atoms with van der Waals surface area (Å²) in [6.07, 6.45) is 2.39. The average Bonchev–Trinajstić information content (AvgIpc) is 2.64. The fraction of sp³-hybridized carbons (Fsp3) is 0.917. The molecule has 1 aliphatic heterocycles. The molecule has 0 bridgehead atoms. The minimum Gasteiger partial charge on any atom is -0.391 e. The summed E-state index contributed by atoms with van der Waals surface area (Å²) in [4.78, 5) is 11.7. The first kappa shape index (κ1) is 13.8.